The summed E-state index contributed by atoms with van der Waals surface area (Å²) in [5, 5.41) is 0.436. The van der Waals surface area contributed by atoms with Crippen LogP contribution in [-0.4, -0.2) is 5.97 Å². The molecule has 0 aliphatic heterocycles. The maximum atomic E-state index is 12.8. The maximum Gasteiger partial charge on any atom is 0.375 e. The number of para-hydroxylation sites is 1. The van der Waals surface area contributed by atoms with E-state index in [-0.39, 0.29) is 11.2 Å². The Bertz CT molecular complexity index is 1210. The fourth-order valence-corrected chi connectivity index (χ4v) is 3.61. The van der Waals surface area contributed by atoms with Crippen molar-refractivity contribution >= 4 is 16.9 Å². The minimum Gasteiger partial charge on any atom is -0.449 e. The Kier molecular flexibility index (Phi) is 3.44. The molecule has 0 radical (unpaired) electrons. The fourth-order valence-electron chi connectivity index (χ4n) is 3.61. The minimum atomic E-state index is -0.658. The SMILES string of the molecule is O=C(OC1c2ccccc2-c2ccccc21)c1cc(=O)c2ccccc2o1. The van der Waals surface area contributed by atoms with Crippen molar-refractivity contribution in [2.24, 2.45) is 0 Å². The first-order valence-corrected chi connectivity index (χ1v) is 8.64. The Morgan fingerprint density at radius 3 is 2.11 bits per heavy atom. The number of rotatable bonds is 2. The lowest BCUT2D eigenvalue weighted by molar-refractivity contribution is 0.0349. The van der Waals surface area contributed by atoms with Crippen LogP contribution in [0.3, 0.4) is 0 Å². The van der Waals surface area contributed by atoms with E-state index in [0.29, 0.717) is 11.0 Å². The van der Waals surface area contributed by atoms with E-state index >= 15 is 0 Å². The zero-order valence-electron chi connectivity index (χ0n) is 14.2. The molecule has 0 spiro atoms. The molecule has 3 aromatic carbocycles. The molecule has 0 N–H and O–H groups in total. The van der Waals surface area contributed by atoms with E-state index in [1.54, 1.807) is 24.3 Å². The van der Waals surface area contributed by atoms with Gasteiger partial charge in [0, 0.05) is 17.2 Å². The average Bonchev–Trinajstić information content (AvgIpc) is 3.02. The van der Waals surface area contributed by atoms with Gasteiger partial charge in [-0.2, -0.15) is 0 Å². The molecule has 0 fully saturated rings. The van der Waals surface area contributed by atoms with E-state index in [1.807, 2.05) is 48.5 Å². The van der Waals surface area contributed by atoms with E-state index < -0.39 is 12.1 Å². The number of esters is 1. The zero-order chi connectivity index (χ0) is 18.4. The molecule has 1 heterocycles. The van der Waals surface area contributed by atoms with Crippen LogP contribution >= 0.6 is 0 Å². The monoisotopic (exact) mass is 354 g/mol. The molecule has 0 atom stereocenters. The summed E-state index contributed by atoms with van der Waals surface area (Å²) in [6.07, 6.45) is -0.526. The van der Waals surface area contributed by atoms with Crippen LogP contribution < -0.4 is 5.43 Å². The number of hydrogen-bond donors (Lipinski definition) is 0. The number of fused-ring (bicyclic) bond motifs is 4. The van der Waals surface area contributed by atoms with E-state index in [4.69, 9.17) is 9.15 Å². The molecular formula is C23H14O4. The summed E-state index contributed by atoms with van der Waals surface area (Å²) in [6.45, 7) is 0. The second kappa shape index (κ2) is 5.95. The molecule has 0 amide bonds. The van der Waals surface area contributed by atoms with Gasteiger partial charge in [-0.05, 0) is 23.3 Å². The van der Waals surface area contributed by atoms with Gasteiger partial charge in [-0.1, -0.05) is 60.7 Å². The zero-order valence-corrected chi connectivity index (χ0v) is 14.2. The molecule has 27 heavy (non-hydrogen) atoms. The van der Waals surface area contributed by atoms with Crippen molar-refractivity contribution in [3.05, 3.63) is 106 Å². The second-order valence-electron chi connectivity index (χ2n) is 6.43. The predicted octanol–water partition coefficient (Wildman–Crippen LogP) is 4.72. The summed E-state index contributed by atoms with van der Waals surface area (Å²) >= 11 is 0. The summed E-state index contributed by atoms with van der Waals surface area (Å²) in [5.74, 6) is -0.755. The van der Waals surface area contributed by atoms with Crippen LogP contribution in [0, 0.1) is 0 Å². The van der Waals surface area contributed by atoms with Crippen molar-refractivity contribution in [3.8, 4) is 11.1 Å². The lowest BCUT2D eigenvalue weighted by atomic mass is 10.1. The van der Waals surface area contributed by atoms with Gasteiger partial charge in [0.1, 0.15) is 5.58 Å². The number of carbonyl (C=O) groups is 1. The average molecular weight is 354 g/mol. The van der Waals surface area contributed by atoms with Crippen LogP contribution in [0.4, 0.5) is 0 Å². The van der Waals surface area contributed by atoms with Crippen LogP contribution in [0.5, 0.6) is 0 Å². The number of hydrogen-bond acceptors (Lipinski definition) is 4. The molecular weight excluding hydrogens is 340 g/mol. The Labute approximate surface area is 154 Å². The van der Waals surface area contributed by atoms with Gasteiger partial charge in [0.15, 0.2) is 11.5 Å². The van der Waals surface area contributed by atoms with Crippen LogP contribution in [0.2, 0.25) is 0 Å². The Morgan fingerprint density at radius 2 is 1.41 bits per heavy atom. The van der Waals surface area contributed by atoms with Gasteiger partial charge in [0.2, 0.25) is 5.76 Å². The van der Waals surface area contributed by atoms with Crippen LogP contribution in [0.15, 0.2) is 88.1 Å². The van der Waals surface area contributed by atoms with Gasteiger partial charge in [0.05, 0.1) is 5.39 Å². The molecule has 0 saturated carbocycles. The van der Waals surface area contributed by atoms with Crippen LogP contribution in [0.1, 0.15) is 27.8 Å². The van der Waals surface area contributed by atoms with Gasteiger partial charge >= 0.3 is 5.97 Å². The number of ether oxygens (including phenoxy) is 1. The van der Waals surface area contributed by atoms with E-state index in [9.17, 15) is 9.59 Å². The standard InChI is InChI=1S/C23H14O4/c24-19-13-21(26-20-12-6-5-11-18(19)20)23(25)27-22-16-9-3-1-7-14(16)15-8-2-4-10-17(15)22/h1-13,22H. The summed E-state index contributed by atoms with van der Waals surface area (Å²) in [7, 11) is 0. The molecule has 4 aromatic rings. The van der Waals surface area contributed by atoms with Gasteiger partial charge in [-0.15, -0.1) is 0 Å². The highest BCUT2D eigenvalue weighted by Crippen LogP contribution is 2.45. The van der Waals surface area contributed by atoms with Gasteiger partial charge in [-0.25, -0.2) is 4.79 Å². The normalized spacial score (nSPS) is 12.6. The lowest BCUT2D eigenvalue weighted by Gasteiger charge is -2.14. The Hall–Kier alpha value is -3.66. The largest absolute Gasteiger partial charge is 0.449 e. The molecule has 1 aliphatic rings. The molecule has 1 aliphatic carbocycles. The third-order valence-electron chi connectivity index (χ3n) is 4.84. The van der Waals surface area contributed by atoms with E-state index in [0.717, 1.165) is 22.3 Å². The summed E-state index contributed by atoms with van der Waals surface area (Å²) in [5.41, 5.74) is 4.04. The van der Waals surface area contributed by atoms with Crippen molar-refractivity contribution in [1.29, 1.82) is 0 Å². The first kappa shape index (κ1) is 15.6. The third kappa shape index (κ3) is 2.46. The third-order valence-corrected chi connectivity index (χ3v) is 4.84. The first-order valence-electron chi connectivity index (χ1n) is 8.64. The molecule has 4 nitrogen and oxygen atoms in total. The molecule has 0 unspecified atom stereocenters. The van der Waals surface area contributed by atoms with E-state index in [1.165, 1.54) is 6.07 Å². The van der Waals surface area contributed by atoms with Crippen LogP contribution in [-0.2, 0) is 4.74 Å². The quantitative estimate of drug-likeness (QED) is 0.489. The first-order chi connectivity index (χ1) is 13.2. The van der Waals surface area contributed by atoms with Crippen molar-refractivity contribution in [3.63, 3.8) is 0 Å². The lowest BCUT2D eigenvalue weighted by Crippen LogP contribution is -2.13. The van der Waals surface area contributed by atoms with Gasteiger partial charge < -0.3 is 9.15 Å². The number of benzene rings is 3. The topological polar surface area (TPSA) is 56.5 Å². The Morgan fingerprint density at radius 1 is 0.815 bits per heavy atom. The second-order valence-corrected chi connectivity index (χ2v) is 6.43. The fraction of sp³-hybridized carbons (Fsp3) is 0.0435. The molecule has 0 saturated heterocycles. The van der Waals surface area contributed by atoms with E-state index in [2.05, 4.69) is 0 Å². The molecule has 130 valence electrons. The van der Waals surface area contributed by atoms with Gasteiger partial charge in [0.25, 0.3) is 0 Å². The highest BCUT2D eigenvalue weighted by Gasteiger charge is 2.32. The van der Waals surface area contributed by atoms with Gasteiger partial charge in [-0.3, -0.25) is 4.79 Å². The van der Waals surface area contributed by atoms with Crippen molar-refractivity contribution < 1.29 is 13.9 Å². The maximum absolute atomic E-state index is 12.8. The highest BCUT2D eigenvalue weighted by atomic mass is 16.6. The van der Waals surface area contributed by atoms with Crippen molar-refractivity contribution in [1.82, 2.24) is 0 Å². The molecule has 4 heteroatoms. The molecule has 0 bridgehead atoms. The minimum absolute atomic E-state index is 0.0967. The molecule has 1 aromatic heterocycles. The van der Waals surface area contributed by atoms with Crippen molar-refractivity contribution in [2.45, 2.75) is 6.10 Å². The summed E-state index contributed by atoms with van der Waals surface area (Å²) < 4.78 is 11.4. The van der Waals surface area contributed by atoms with Crippen LogP contribution in [0.25, 0.3) is 22.1 Å². The number of carbonyl (C=O) groups excluding carboxylic acids is 1. The predicted molar refractivity (Wildman–Crippen MR) is 102 cm³/mol. The molecule has 5 rings (SSSR count). The smallest absolute Gasteiger partial charge is 0.375 e. The summed E-state index contributed by atoms with van der Waals surface area (Å²) in [4.78, 5) is 25.0. The highest BCUT2D eigenvalue weighted by molar-refractivity contribution is 5.90. The summed E-state index contributed by atoms with van der Waals surface area (Å²) in [6, 6.07) is 23.7. The Balaban J connectivity index is 1.56. The van der Waals surface area contributed by atoms with Crippen molar-refractivity contribution in [2.75, 3.05) is 0 Å².